The van der Waals surface area contributed by atoms with Crippen LogP contribution < -0.4 is 0 Å². The quantitative estimate of drug-likeness (QED) is 0.905. The number of hydrogen-bond acceptors (Lipinski definition) is 3. The molecule has 0 radical (unpaired) electrons. The molecular formula is C15H21NO4S. The van der Waals surface area contributed by atoms with E-state index in [2.05, 4.69) is 0 Å². The summed E-state index contributed by atoms with van der Waals surface area (Å²) in [5.41, 5.74) is 0.741. The van der Waals surface area contributed by atoms with Gasteiger partial charge < -0.3 is 5.11 Å². The number of nitrogens with zero attached hydrogens (tertiary/aromatic N) is 1. The van der Waals surface area contributed by atoms with E-state index in [1.165, 1.54) is 4.31 Å². The van der Waals surface area contributed by atoms with Crippen LogP contribution in [0.1, 0.15) is 31.2 Å². The Bertz CT molecular complexity index is 612. The van der Waals surface area contributed by atoms with Gasteiger partial charge in [-0.05, 0) is 43.7 Å². The predicted molar refractivity (Wildman–Crippen MR) is 79.5 cm³/mol. The maximum Gasteiger partial charge on any atom is 0.303 e. The Morgan fingerprint density at radius 3 is 2.76 bits per heavy atom. The van der Waals surface area contributed by atoms with Crippen LogP contribution >= 0.6 is 0 Å². The molecule has 5 nitrogen and oxygen atoms in total. The highest BCUT2D eigenvalue weighted by Gasteiger charge is 2.31. The topological polar surface area (TPSA) is 74.7 Å². The van der Waals surface area contributed by atoms with E-state index in [0.717, 1.165) is 18.4 Å². The van der Waals surface area contributed by atoms with Gasteiger partial charge in [-0.1, -0.05) is 18.2 Å². The van der Waals surface area contributed by atoms with Crippen LogP contribution in [0.25, 0.3) is 0 Å². The SMILES string of the molecule is Cc1ccccc1S(=O)(=O)N1CCC[C@@H](CCC(=O)O)C1. The molecule has 116 valence electrons. The number of aliphatic carboxylic acids is 1. The van der Waals surface area contributed by atoms with Crippen LogP contribution in [-0.4, -0.2) is 36.9 Å². The van der Waals surface area contributed by atoms with Crippen molar-refractivity contribution in [2.24, 2.45) is 5.92 Å². The summed E-state index contributed by atoms with van der Waals surface area (Å²) in [4.78, 5) is 11.0. The summed E-state index contributed by atoms with van der Waals surface area (Å²) in [6.45, 7) is 2.73. The molecule has 0 saturated carbocycles. The largest absolute Gasteiger partial charge is 0.481 e. The summed E-state index contributed by atoms with van der Waals surface area (Å²) in [5, 5.41) is 8.75. The molecule has 1 heterocycles. The normalized spacial score (nSPS) is 20.3. The van der Waals surface area contributed by atoms with Crippen molar-refractivity contribution < 1.29 is 18.3 Å². The van der Waals surface area contributed by atoms with Crippen molar-refractivity contribution in [2.45, 2.75) is 37.5 Å². The number of carboxylic acids is 1. The monoisotopic (exact) mass is 311 g/mol. The Balaban J connectivity index is 2.13. The predicted octanol–water partition coefficient (Wildman–Crippen LogP) is 2.26. The van der Waals surface area contributed by atoms with Crippen molar-refractivity contribution in [3.8, 4) is 0 Å². The van der Waals surface area contributed by atoms with Gasteiger partial charge in [0.1, 0.15) is 0 Å². The molecule has 0 bridgehead atoms. The number of aryl methyl sites for hydroxylation is 1. The first-order valence-corrected chi connectivity index (χ1v) is 8.63. The summed E-state index contributed by atoms with van der Waals surface area (Å²) < 4.78 is 26.9. The zero-order valence-corrected chi connectivity index (χ0v) is 13.0. The van der Waals surface area contributed by atoms with E-state index >= 15 is 0 Å². The second-order valence-corrected chi connectivity index (χ2v) is 7.48. The average molecular weight is 311 g/mol. The van der Waals surface area contributed by atoms with E-state index in [1.54, 1.807) is 25.1 Å². The first-order valence-electron chi connectivity index (χ1n) is 7.19. The fourth-order valence-corrected chi connectivity index (χ4v) is 4.57. The highest BCUT2D eigenvalue weighted by Crippen LogP contribution is 2.27. The van der Waals surface area contributed by atoms with Gasteiger partial charge in [0.05, 0.1) is 4.90 Å². The van der Waals surface area contributed by atoms with Gasteiger partial charge in [-0.15, -0.1) is 0 Å². The van der Waals surface area contributed by atoms with Crippen molar-refractivity contribution in [3.05, 3.63) is 29.8 Å². The maximum atomic E-state index is 12.7. The molecule has 21 heavy (non-hydrogen) atoms. The number of benzene rings is 1. The molecule has 1 aliphatic heterocycles. The van der Waals surface area contributed by atoms with Crippen molar-refractivity contribution >= 4 is 16.0 Å². The van der Waals surface area contributed by atoms with Crippen LogP contribution in [0.3, 0.4) is 0 Å². The van der Waals surface area contributed by atoms with Gasteiger partial charge in [0.25, 0.3) is 0 Å². The van der Waals surface area contributed by atoms with Crippen LogP contribution in [-0.2, 0) is 14.8 Å². The molecule has 0 amide bonds. The van der Waals surface area contributed by atoms with Gasteiger partial charge in [-0.2, -0.15) is 4.31 Å². The van der Waals surface area contributed by atoms with Gasteiger partial charge in [-0.25, -0.2) is 8.42 Å². The molecule has 1 atom stereocenters. The second kappa shape index (κ2) is 6.58. The first-order chi connectivity index (χ1) is 9.91. The summed E-state index contributed by atoms with van der Waals surface area (Å²) in [7, 11) is -3.48. The van der Waals surface area contributed by atoms with E-state index in [9.17, 15) is 13.2 Å². The Hall–Kier alpha value is -1.40. The zero-order chi connectivity index (χ0) is 15.5. The Kier molecular flexibility index (Phi) is 5.00. The molecule has 0 unspecified atom stereocenters. The van der Waals surface area contributed by atoms with Crippen LogP contribution in [0.2, 0.25) is 0 Å². The molecule has 1 N–H and O–H groups in total. The summed E-state index contributed by atoms with van der Waals surface area (Å²) >= 11 is 0. The van der Waals surface area contributed by atoms with Gasteiger partial charge in [0.2, 0.25) is 10.0 Å². The standard InChI is InChI=1S/C15H21NO4S/c1-12-5-2-3-7-14(12)21(19,20)16-10-4-6-13(11-16)8-9-15(17)18/h2-3,5,7,13H,4,6,8-11H2,1H3,(H,17,18)/t13-/m0/s1. The molecular weight excluding hydrogens is 290 g/mol. The van der Waals surface area contributed by atoms with E-state index in [4.69, 9.17) is 5.11 Å². The lowest BCUT2D eigenvalue weighted by Crippen LogP contribution is -2.40. The molecule has 0 aliphatic carbocycles. The van der Waals surface area contributed by atoms with Crippen molar-refractivity contribution in [1.29, 1.82) is 0 Å². The maximum absolute atomic E-state index is 12.7. The van der Waals surface area contributed by atoms with Gasteiger partial charge in [0, 0.05) is 19.5 Å². The van der Waals surface area contributed by atoms with Gasteiger partial charge >= 0.3 is 5.97 Å². The lowest BCUT2D eigenvalue weighted by atomic mass is 9.95. The number of piperidine rings is 1. The molecule has 1 aromatic rings. The summed E-state index contributed by atoms with van der Waals surface area (Å²) in [5.74, 6) is -0.692. The van der Waals surface area contributed by atoms with E-state index in [-0.39, 0.29) is 12.3 Å². The molecule has 2 rings (SSSR count). The first kappa shape index (κ1) is 16.0. The lowest BCUT2D eigenvalue weighted by Gasteiger charge is -2.32. The molecule has 1 aliphatic rings. The number of carbonyl (C=O) groups is 1. The Morgan fingerprint density at radius 2 is 2.10 bits per heavy atom. The third kappa shape index (κ3) is 3.83. The van der Waals surface area contributed by atoms with E-state index < -0.39 is 16.0 Å². The number of hydrogen-bond donors (Lipinski definition) is 1. The minimum Gasteiger partial charge on any atom is -0.481 e. The second-order valence-electron chi connectivity index (χ2n) is 5.57. The Morgan fingerprint density at radius 1 is 1.38 bits per heavy atom. The van der Waals surface area contributed by atoms with Crippen LogP contribution in [0.15, 0.2) is 29.2 Å². The van der Waals surface area contributed by atoms with Crippen molar-refractivity contribution in [3.63, 3.8) is 0 Å². The molecule has 0 spiro atoms. The highest BCUT2D eigenvalue weighted by atomic mass is 32.2. The number of carboxylic acid groups (broad SMARTS) is 1. The van der Waals surface area contributed by atoms with Gasteiger partial charge in [0.15, 0.2) is 0 Å². The number of sulfonamides is 1. The minimum atomic E-state index is -3.48. The van der Waals surface area contributed by atoms with Crippen LogP contribution in [0.5, 0.6) is 0 Å². The van der Waals surface area contributed by atoms with E-state index in [1.807, 2.05) is 6.07 Å². The van der Waals surface area contributed by atoms with Crippen molar-refractivity contribution in [1.82, 2.24) is 4.31 Å². The summed E-state index contributed by atoms with van der Waals surface area (Å²) in [6, 6.07) is 6.97. The zero-order valence-electron chi connectivity index (χ0n) is 12.2. The molecule has 1 saturated heterocycles. The molecule has 6 heteroatoms. The Labute approximate surface area is 125 Å². The van der Waals surface area contributed by atoms with E-state index in [0.29, 0.717) is 24.4 Å². The lowest BCUT2D eigenvalue weighted by molar-refractivity contribution is -0.137. The fraction of sp³-hybridized carbons (Fsp3) is 0.533. The van der Waals surface area contributed by atoms with Crippen molar-refractivity contribution in [2.75, 3.05) is 13.1 Å². The third-order valence-electron chi connectivity index (χ3n) is 3.96. The third-order valence-corrected chi connectivity index (χ3v) is 5.98. The van der Waals surface area contributed by atoms with Gasteiger partial charge in [-0.3, -0.25) is 4.79 Å². The van der Waals surface area contributed by atoms with Crippen LogP contribution in [0.4, 0.5) is 0 Å². The fourth-order valence-electron chi connectivity index (χ4n) is 2.79. The van der Waals surface area contributed by atoms with Crippen LogP contribution in [0, 0.1) is 12.8 Å². The summed E-state index contributed by atoms with van der Waals surface area (Å²) in [6.07, 6.45) is 2.32. The number of rotatable bonds is 5. The smallest absolute Gasteiger partial charge is 0.303 e. The molecule has 1 fully saturated rings. The minimum absolute atomic E-state index is 0.100. The molecule has 0 aromatic heterocycles. The highest BCUT2D eigenvalue weighted by molar-refractivity contribution is 7.89. The molecule has 1 aromatic carbocycles. The average Bonchev–Trinajstić information content (AvgIpc) is 2.45.